The van der Waals surface area contributed by atoms with Crippen molar-refractivity contribution in [3.8, 4) is 5.75 Å². The maximum Gasteiger partial charge on any atom is 0.341 e. The summed E-state index contributed by atoms with van der Waals surface area (Å²) in [6.45, 7) is 5.31. The fourth-order valence-corrected chi connectivity index (χ4v) is 6.09. The van der Waals surface area contributed by atoms with E-state index < -0.39 is 23.1 Å². The molecule has 0 saturated heterocycles. The lowest BCUT2D eigenvalue weighted by Crippen LogP contribution is -2.56. The van der Waals surface area contributed by atoms with Gasteiger partial charge in [0.1, 0.15) is 28.9 Å². The summed E-state index contributed by atoms with van der Waals surface area (Å²) in [4.78, 5) is 12.5. The molecule has 0 heterocycles. The summed E-state index contributed by atoms with van der Waals surface area (Å²) >= 11 is 0. The van der Waals surface area contributed by atoms with Crippen LogP contribution in [0.15, 0.2) is 12.1 Å². The minimum absolute atomic E-state index is 0.0260. The van der Waals surface area contributed by atoms with Crippen LogP contribution < -0.4 is 4.74 Å². The highest BCUT2D eigenvalue weighted by Gasteiger charge is 2.57. The summed E-state index contributed by atoms with van der Waals surface area (Å²) in [6.07, 6.45) is 5.88. The number of benzene rings is 1. The van der Waals surface area contributed by atoms with Gasteiger partial charge in [-0.2, -0.15) is 0 Å². The van der Waals surface area contributed by atoms with Crippen molar-refractivity contribution < 1.29 is 23.0 Å². The molecule has 5 saturated carbocycles. The summed E-state index contributed by atoms with van der Waals surface area (Å²) < 4.78 is 41.7. The van der Waals surface area contributed by atoms with E-state index in [1.165, 1.54) is 6.07 Å². The van der Waals surface area contributed by atoms with Crippen LogP contribution in [0.1, 0.15) is 87.6 Å². The maximum absolute atomic E-state index is 15.0. The fraction of sp³-hybridized carbons (Fsp3) is 0.708. The Labute approximate surface area is 171 Å². The fourth-order valence-electron chi connectivity index (χ4n) is 6.09. The highest BCUT2D eigenvalue weighted by Crippen LogP contribution is 2.58. The van der Waals surface area contributed by atoms with Gasteiger partial charge in [-0.15, -0.1) is 0 Å². The molecule has 158 valence electrons. The first-order valence-corrected chi connectivity index (χ1v) is 11.0. The van der Waals surface area contributed by atoms with Gasteiger partial charge in [0.2, 0.25) is 0 Å². The number of carbonyl (C=O) groups is 1. The normalized spacial score (nSPS) is 35.6. The molecule has 5 atom stereocenters. The maximum atomic E-state index is 15.0. The number of esters is 1. The molecule has 4 bridgehead atoms. The second-order valence-electron chi connectivity index (χ2n) is 10.8. The third-order valence-corrected chi connectivity index (χ3v) is 7.11. The molecule has 5 heteroatoms. The minimum Gasteiger partial charge on any atom is -0.489 e. The lowest BCUT2D eigenvalue weighted by Gasteiger charge is -2.56. The van der Waals surface area contributed by atoms with E-state index >= 15 is 0 Å². The second kappa shape index (κ2) is 6.42. The van der Waals surface area contributed by atoms with Crippen molar-refractivity contribution in [3.63, 3.8) is 0 Å². The zero-order chi connectivity index (χ0) is 20.6. The lowest BCUT2D eigenvalue weighted by molar-refractivity contribution is -0.134. The number of halogens is 2. The Morgan fingerprint density at radius 2 is 1.76 bits per heavy atom. The zero-order valence-electron chi connectivity index (χ0n) is 17.5. The molecule has 0 aromatic heterocycles. The van der Waals surface area contributed by atoms with Crippen LogP contribution in [0.25, 0.3) is 0 Å². The molecule has 1 aromatic rings. The molecule has 0 amide bonds. The molecule has 5 fully saturated rings. The standard InChI is InChI=1S/C24H30F2O3/c1-23(2,3)29-22(27)18-8-17(14-4-5-14)20(9-19(18)25)28-21-15-6-13-7-16(21)12-24(26,10-13)11-15/h8-9,13-16,21H,4-7,10-12H2,1-3H3/t13?,15-,16+,21?,24?. The molecular formula is C24H30F2O3. The summed E-state index contributed by atoms with van der Waals surface area (Å²) in [5.41, 5.74) is -0.819. The smallest absolute Gasteiger partial charge is 0.341 e. The van der Waals surface area contributed by atoms with Gasteiger partial charge in [-0.05, 0) is 101 Å². The van der Waals surface area contributed by atoms with Crippen LogP contribution in [-0.2, 0) is 4.74 Å². The van der Waals surface area contributed by atoms with Gasteiger partial charge >= 0.3 is 5.97 Å². The van der Waals surface area contributed by atoms with E-state index in [1.807, 2.05) is 0 Å². The molecule has 6 rings (SSSR count). The van der Waals surface area contributed by atoms with E-state index in [0.29, 0.717) is 36.8 Å². The Bertz CT molecular complexity index is 823. The first-order chi connectivity index (χ1) is 13.6. The summed E-state index contributed by atoms with van der Waals surface area (Å²) in [6, 6.07) is 2.99. The molecule has 29 heavy (non-hydrogen) atoms. The summed E-state index contributed by atoms with van der Waals surface area (Å²) in [5.74, 6) is 0.506. The van der Waals surface area contributed by atoms with E-state index in [9.17, 15) is 13.6 Å². The predicted molar refractivity (Wildman–Crippen MR) is 105 cm³/mol. The van der Waals surface area contributed by atoms with Gasteiger partial charge in [0.25, 0.3) is 0 Å². The van der Waals surface area contributed by atoms with E-state index in [4.69, 9.17) is 9.47 Å². The summed E-state index contributed by atoms with van der Waals surface area (Å²) in [7, 11) is 0. The third-order valence-electron chi connectivity index (χ3n) is 7.11. The van der Waals surface area contributed by atoms with Crippen LogP contribution in [0, 0.1) is 23.6 Å². The highest BCUT2D eigenvalue weighted by molar-refractivity contribution is 5.90. The molecule has 0 N–H and O–H groups in total. The molecule has 3 unspecified atom stereocenters. The van der Waals surface area contributed by atoms with Gasteiger partial charge in [0, 0.05) is 6.07 Å². The van der Waals surface area contributed by atoms with Crippen LogP contribution in [0.2, 0.25) is 0 Å². The largest absolute Gasteiger partial charge is 0.489 e. The number of hydrogen-bond acceptors (Lipinski definition) is 3. The van der Waals surface area contributed by atoms with Crippen molar-refractivity contribution in [1.29, 1.82) is 0 Å². The Hall–Kier alpha value is -1.65. The van der Waals surface area contributed by atoms with Gasteiger partial charge in [0.15, 0.2) is 0 Å². The monoisotopic (exact) mass is 404 g/mol. The number of alkyl halides is 1. The van der Waals surface area contributed by atoms with Crippen molar-refractivity contribution in [1.82, 2.24) is 0 Å². The van der Waals surface area contributed by atoms with Crippen molar-refractivity contribution in [3.05, 3.63) is 29.1 Å². The summed E-state index contributed by atoms with van der Waals surface area (Å²) in [5, 5.41) is 0. The van der Waals surface area contributed by atoms with E-state index in [2.05, 4.69) is 0 Å². The Morgan fingerprint density at radius 1 is 1.10 bits per heavy atom. The number of rotatable bonds is 4. The van der Waals surface area contributed by atoms with Gasteiger partial charge in [-0.25, -0.2) is 13.6 Å². The van der Waals surface area contributed by atoms with Crippen LogP contribution in [-0.4, -0.2) is 23.3 Å². The number of carbonyl (C=O) groups excluding carboxylic acids is 1. The molecule has 5 aliphatic carbocycles. The Kier molecular flexibility index (Phi) is 4.28. The van der Waals surface area contributed by atoms with E-state index in [-0.39, 0.29) is 23.5 Å². The highest BCUT2D eigenvalue weighted by atomic mass is 19.1. The van der Waals surface area contributed by atoms with Crippen LogP contribution in [0.5, 0.6) is 5.75 Å². The van der Waals surface area contributed by atoms with Crippen molar-refractivity contribution in [2.45, 2.75) is 89.0 Å². The average molecular weight is 404 g/mol. The number of ether oxygens (including phenoxy) is 2. The Balaban J connectivity index is 1.42. The SMILES string of the molecule is CC(C)(C)OC(=O)c1cc(C2CC2)c(OC2[C@@H]3CC4C[C@H]2CC(F)(C4)C3)cc1F. The molecule has 5 aliphatic rings. The molecular weight excluding hydrogens is 374 g/mol. The van der Waals surface area contributed by atoms with Crippen LogP contribution in [0.4, 0.5) is 8.78 Å². The zero-order valence-corrected chi connectivity index (χ0v) is 17.5. The predicted octanol–water partition coefficient (Wildman–Crippen LogP) is 5.95. The molecule has 1 aromatic carbocycles. The third kappa shape index (κ3) is 3.66. The van der Waals surface area contributed by atoms with E-state index in [1.54, 1.807) is 26.8 Å². The van der Waals surface area contributed by atoms with Crippen molar-refractivity contribution >= 4 is 5.97 Å². The number of hydrogen-bond donors (Lipinski definition) is 0. The lowest BCUT2D eigenvalue weighted by atomic mass is 9.53. The van der Waals surface area contributed by atoms with E-state index in [0.717, 1.165) is 31.2 Å². The topological polar surface area (TPSA) is 35.5 Å². The van der Waals surface area contributed by atoms with Crippen LogP contribution >= 0.6 is 0 Å². The Morgan fingerprint density at radius 3 is 2.31 bits per heavy atom. The second-order valence-corrected chi connectivity index (χ2v) is 10.8. The average Bonchev–Trinajstić information content (AvgIpc) is 3.40. The van der Waals surface area contributed by atoms with Crippen molar-refractivity contribution in [2.24, 2.45) is 17.8 Å². The quantitative estimate of drug-likeness (QED) is 0.582. The molecule has 0 spiro atoms. The van der Waals surface area contributed by atoms with Crippen molar-refractivity contribution in [2.75, 3.05) is 0 Å². The first-order valence-electron chi connectivity index (χ1n) is 11.0. The molecule has 3 nitrogen and oxygen atoms in total. The first kappa shape index (κ1) is 19.3. The van der Waals surface area contributed by atoms with Gasteiger partial charge in [-0.1, -0.05) is 0 Å². The molecule has 0 aliphatic heterocycles. The molecule has 0 radical (unpaired) electrons. The minimum atomic E-state index is -1.01. The van der Waals surface area contributed by atoms with Gasteiger partial charge in [0.05, 0.1) is 5.56 Å². The van der Waals surface area contributed by atoms with Gasteiger partial charge in [-0.3, -0.25) is 0 Å². The van der Waals surface area contributed by atoms with Crippen LogP contribution in [0.3, 0.4) is 0 Å². The van der Waals surface area contributed by atoms with Gasteiger partial charge < -0.3 is 9.47 Å².